The number of furan rings is 1. The Bertz CT molecular complexity index is 666. The number of benzene rings is 1. The van der Waals surface area contributed by atoms with Crippen LogP contribution < -0.4 is 5.32 Å². The molecule has 0 atom stereocenters. The van der Waals surface area contributed by atoms with Crippen LogP contribution in [0.2, 0.25) is 0 Å². The number of nitrogens with one attached hydrogen (secondary N) is 1. The highest BCUT2D eigenvalue weighted by atomic mass is 35.5. The van der Waals surface area contributed by atoms with Gasteiger partial charge in [-0.3, -0.25) is 4.79 Å². The molecule has 2 heterocycles. The van der Waals surface area contributed by atoms with Crippen LogP contribution in [-0.2, 0) is 0 Å². The van der Waals surface area contributed by atoms with Crippen LogP contribution in [-0.4, -0.2) is 37.0 Å². The number of hydrogen-bond acceptors (Lipinski definition) is 3. The molecule has 1 aromatic carbocycles. The summed E-state index contributed by atoms with van der Waals surface area (Å²) in [6.45, 7) is 1.42. The van der Waals surface area contributed by atoms with E-state index in [1.807, 2.05) is 7.05 Å². The first-order chi connectivity index (χ1) is 10.7. The van der Waals surface area contributed by atoms with Gasteiger partial charge in [-0.1, -0.05) is 12.1 Å². The molecule has 0 saturated carbocycles. The number of halogens is 2. The molecule has 2 aromatic rings. The largest absolute Gasteiger partial charge is 0.451 e. The van der Waals surface area contributed by atoms with Gasteiger partial charge >= 0.3 is 0 Å². The van der Waals surface area contributed by atoms with Gasteiger partial charge in [0.2, 0.25) is 0 Å². The lowest BCUT2D eigenvalue weighted by Crippen LogP contribution is -2.43. The molecule has 1 N–H and O–H groups in total. The normalized spacial score (nSPS) is 15.3. The molecule has 1 aromatic heterocycles. The third kappa shape index (κ3) is 3.74. The van der Waals surface area contributed by atoms with Crippen molar-refractivity contribution >= 4 is 18.3 Å². The molecular formula is C17H20ClFN2O2. The lowest BCUT2D eigenvalue weighted by molar-refractivity contribution is 0.0676. The van der Waals surface area contributed by atoms with Gasteiger partial charge in [0.25, 0.3) is 5.91 Å². The summed E-state index contributed by atoms with van der Waals surface area (Å²) in [7, 11) is 1.94. The molecule has 1 aliphatic heterocycles. The number of likely N-dealkylation sites (tertiary alicyclic amines) is 1. The Labute approximate surface area is 141 Å². The van der Waals surface area contributed by atoms with Crippen molar-refractivity contribution in [3.63, 3.8) is 0 Å². The van der Waals surface area contributed by atoms with E-state index in [-0.39, 0.29) is 29.9 Å². The van der Waals surface area contributed by atoms with E-state index in [4.69, 9.17) is 4.42 Å². The molecular weight excluding hydrogens is 319 g/mol. The van der Waals surface area contributed by atoms with Gasteiger partial charge in [-0.15, -0.1) is 12.4 Å². The highest BCUT2D eigenvalue weighted by Crippen LogP contribution is 2.25. The molecule has 23 heavy (non-hydrogen) atoms. The number of amides is 1. The predicted octanol–water partition coefficient (Wildman–Crippen LogP) is 3.33. The van der Waals surface area contributed by atoms with Crippen molar-refractivity contribution in [3.05, 3.63) is 48.0 Å². The average Bonchev–Trinajstić information content (AvgIpc) is 3.04. The van der Waals surface area contributed by atoms with Crippen LogP contribution in [0, 0.1) is 5.82 Å². The van der Waals surface area contributed by atoms with Gasteiger partial charge in [0.15, 0.2) is 5.76 Å². The number of rotatable bonds is 3. The first-order valence-corrected chi connectivity index (χ1v) is 7.50. The monoisotopic (exact) mass is 338 g/mol. The Morgan fingerprint density at radius 1 is 1.22 bits per heavy atom. The smallest absolute Gasteiger partial charge is 0.289 e. The zero-order valence-electron chi connectivity index (χ0n) is 12.9. The number of carbonyl (C=O) groups is 1. The fourth-order valence-corrected chi connectivity index (χ4v) is 2.79. The second-order valence-electron chi connectivity index (χ2n) is 5.50. The van der Waals surface area contributed by atoms with Crippen LogP contribution >= 0.6 is 12.4 Å². The van der Waals surface area contributed by atoms with Gasteiger partial charge < -0.3 is 14.6 Å². The van der Waals surface area contributed by atoms with E-state index in [1.54, 1.807) is 35.2 Å². The van der Waals surface area contributed by atoms with Crippen LogP contribution in [0.3, 0.4) is 0 Å². The van der Waals surface area contributed by atoms with Gasteiger partial charge in [0.05, 0.1) is 5.56 Å². The maximum absolute atomic E-state index is 13.8. The van der Waals surface area contributed by atoms with E-state index >= 15 is 0 Å². The number of carbonyl (C=O) groups excluding carboxylic acids is 1. The zero-order chi connectivity index (χ0) is 15.5. The van der Waals surface area contributed by atoms with Crippen molar-refractivity contribution < 1.29 is 13.6 Å². The van der Waals surface area contributed by atoms with Crippen molar-refractivity contribution in [2.75, 3.05) is 20.1 Å². The highest BCUT2D eigenvalue weighted by molar-refractivity contribution is 5.92. The van der Waals surface area contributed by atoms with E-state index in [9.17, 15) is 9.18 Å². The summed E-state index contributed by atoms with van der Waals surface area (Å²) in [5.74, 6) is 0.163. The summed E-state index contributed by atoms with van der Waals surface area (Å²) >= 11 is 0. The third-order valence-electron chi connectivity index (χ3n) is 4.15. The first kappa shape index (κ1) is 17.5. The maximum atomic E-state index is 13.8. The molecule has 0 radical (unpaired) electrons. The molecule has 1 saturated heterocycles. The summed E-state index contributed by atoms with van der Waals surface area (Å²) in [5, 5.41) is 3.23. The van der Waals surface area contributed by atoms with Gasteiger partial charge in [-0.2, -0.15) is 0 Å². The van der Waals surface area contributed by atoms with Crippen LogP contribution in [0.1, 0.15) is 23.4 Å². The molecule has 3 rings (SSSR count). The minimum Gasteiger partial charge on any atom is -0.451 e. The quantitative estimate of drug-likeness (QED) is 0.933. The lowest BCUT2D eigenvalue weighted by atomic mass is 10.1. The Balaban J connectivity index is 0.00000192. The summed E-state index contributed by atoms with van der Waals surface area (Å²) in [6, 6.07) is 10.1. The zero-order valence-corrected chi connectivity index (χ0v) is 13.7. The van der Waals surface area contributed by atoms with E-state index < -0.39 is 0 Å². The summed E-state index contributed by atoms with van der Waals surface area (Å²) in [4.78, 5) is 14.2. The lowest BCUT2D eigenvalue weighted by Gasteiger charge is -2.31. The SMILES string of the molecule is CNC1CCN(C(=O)c2ccc(-c3ccccc3F)o2)CC1.Cl. The van der Waals surface area contributed by atoms with E-state index in [0.29, 0.717) is 30.5 Å². The fraction of sp³-hybridized carbons (Fsp3) is 0.353. The van der Waals surface area contributed by atoms with Crippen molar-refractivity contribution in [3.8, 4) is 11.3 Å². The highest BCUT2D eigenvalue weighted by Gasteiger charge is 2.25. The van der Waals surface area contributed by atoms with Crippen LogP contribution in [0.4, 0.5) is 4.39 Å². The van der Waals surface area contributed by atoms with Crippen LogP contribution in [0.15, 0.2) is 40.8 Å². The minimum absolute atomic E-state index is 0. The molecule has 0 spiro atoms. The van der Waals surface area contributed by atoms with Gasteiger partial charge in [0, 0.05) is 19.1 Å². The van der Waals surface area contributed by atoms with Crippen molar-refractivity contribution in [2.24, 2.45) is 0 Å². The predicted molar refractivity (Wildman–Crippen MR) is 89.3 cm³/mol. The molecule has 0 unspecified atom stereocenters. The second-order valence-corrected chi connectivity index (χ2v) is 5.50. The third-order valence-corrected chi connectivity index (χ3v) is 4.15. The van der Waals surface area contributed by atoms with E-state index in [2.05, 4.69) is 5.32 Å². The summed E-state index contributed by atoms with van der Waals surface area (Å²) in [6.07, 6.45) is 1.87. The Morgan fingerprint density at radius 3 is 2.57 bits per heavy atom. The van der Waals surface area contributed by atoms with Gasteiger partial charge in [-0.25, -0.2) is 4.39 Å². The van der Waals surface area contributed by atoms with Crippen LogP contribution in [0.5, 0.6) is 0 Å². The fourth-order valence-electron chi connectivity index (χ4n) is 2.79. The molecule has 0 bridgehead atoms. The summed E-state index contributed by atoms with van der Waals surface area (Å²) < 4.78 is 19.3. The van der Waals surface area contributed by atoms with E-state index in [0.717, 1.165) is 12.8 Å². The molecule has 0 aliphatic carbocycles. The Kier molecular flexibility index (Phi) is 5.80. The van der Waals surface area contributed by atoms with Crippen molar-refractivity contribution in [2.45, 2.75) is 18.9 Å². The van der Waals surface area contributed by atoms with E-state index in [1.165, 1.54) is 6.07 Å². The van der Waals surface area contributed by atoms with Crippen LogP contribution in [0.25, 0.3) is 11.3 Å². The standard InChI is InChI=1S/C17H19FN2O2.ClH/c1-19-12-8-10-20(11-9-12)17(21)16-7-6-15(22-16)13-4-2-3-5-14(13)18;/h2-7,12,19H,8-11H2,1H3;1H. The molecule has 1 amide bonds. The minimum atomic E-state index is -0.356. The average molecular weight is 339 g/mol. The Morgan fingerprint density at radius 2 is 1.91 bits per heavy atom. The second kappa shape index (κ2) is 7.62. The van der Waals surface area contributed by atoms with Gasteiger partial charge in [0.1, 0.15) is 11.6 Å². The summed E-state index contributed by atoms with van der Waals surface area (Å²) in [5.41, 5.74) is 0.371. The number of piperidine rings is 1. The molecule has 1 fully saturated rings. The molecule has 6 heteroatoms. The van der Waals surface area contributed by atoms with Crippen molar-refractivity contribution in [1.29, 1.82) is 0 Å². The maximum Gasteiger partial charge on any atom is 0.289 e. The van der Waals surface area contributed by atoms with Crippen molar-refractivity contribution in [1.82, 2.24) is 10.2 Å². The first-order valence-electron chi connectivity index (χ1n) is 7.50. The molecule has 1 aliphatic rings. The molecule has 4 nitrogen and oxygen atoms in total. The number of hydrogen-bond donors (Lipinski definition) is 1. The number of nitrogens with zero attached hydrogens (tertiary/aromatic N) is 1. The molecule has 124 valence electrons. The topological polar surface area (TPSA) is 45.5 Å². The Hall–Kier alpha value is -1.85. The van der Waals surface area contributed by atoms with Gasteiger partial charge in [-0.05, 0) is 44.2 Å².